The van der Waals surface area contributed by atoms with E-state index in [0.717, 1.165) is 10.9 Å². The molecule has 5 heteroatoms. The lowest BCUT2D eigenvalue weighted by atomic mass is 10.1. The minimum absolute atomic E-state index is 0.0314. The number of nitrogens with zero attached hydrogens (tertiary/aromatic N) is 1. The summed E-state index contributed by atoms with van der Waals surface area (Å²) in [5, 5.41) is 4.14. The number of fused-ring (bicyclic) bond motifs is 2. The third-order valence-corrected chi connectivity index (χ3v) is 3.99. The van der Waals surface area contributed by atoms with Gasteiger partial charge in [-0.25, -0.2) is 0 Å². The fraction of sp³-hybridized carbons (Fsp3) is 0.0500. The van der Waals surface area contributed by atoms with Gasteiger partial charge in [0.1, 0.15) is 5.58 Å². The van der Waals surface area contributed by atoms with Crippen molar-refractivity contribution in [1.29, 1.82) is 0 Å². The van der Waals surface area contributed by atoms with Gasteiger partial charge >= 0.3 is 0 Å². The molecular formula is C20H14N2O3. The molecule has 0 spiro atoms. The standard InChI is InChI=1S/C20H14N2O3/c1-12-7-8-14-16(23)11-18(25-17(14)10-12)20(24)22-15-6-2-4-13-5-3-9-21-19(13)15/h2-11H,1H3,(H,22,24). The first-order valence-corrected chi connectivity index (χ1v) is 7.81. The van der Waals surface area contributed by atoms with E-state index in [0.29, 0.717) is 22.2 Å². The van der Waals surface area contributed by atoms with Gasteiger partial charge in [-0.15, -0.1) is 0 Å². The highest BCUT2D eigenvalue weighted by Crippen LogP contribution is 2.22. The molecule has 1 amide bonds. The van der Waals surface area contributed by atoms with Gasteiger partial charge in [0.25, 0.3) is 5.91 Å². The Hall–Kier alpha value is -3.47. The third-order valence-electron chi connectivity index (χ3n) is 3.99. The van der Waals surface area contributed by atoms with Crippen molar-refractivity contribution in [2.75, 3.05) is 5.32 Å². The molecule has 0 unspecified atom stereocenters. The topological polar surface area (TPSA) is 72.2 Å². The first kappa shape index (κ1) is 15.1. The van der Waals surface area contributed by atoms with Crippen LogP contribution < -0.4 is 10.7 Å². The Morgan fingerprint density at radius 3 is 2.80 bits per heavy atom. The Labute approximate surface area is 142 Å². The highest BCUT2D eigenvalue weighted by Gasteiger charge is 2.14. The number of benzene rings is 2. The van der Waals surface area contributed by atoms with Crippen LogP contribution in [0.5, 0.6) is 0 Å². The average Bonchev–Trinajstić information content (AvgIpc) is 2.61. The van der Waals surface area contributed by atoms with E-state index in [1.54, 1.807) is 24.4 Å². The smallest absolute Gasteiger partial charge is 0.291 e. The molecule has 0 atom stereocenters. The van der Waals surface area contributed by atoms with Crippen LogP contribution in [0, 0.1) is 6.92 Å². The number of aryl methyl sites for hydroxylation is 1. The number of anilines is 1. The van der Waals surface area contributed by atoms with Crippen LogP contribution in [0.4, 0.5) is 5.69 Å². The molecule has 122 valence electrons. The van der Waals surface area contributed by atoms with Gasteiger partial charge in [-0.3, -0.25) is 14.6 Å². The summed E-state index contributed by atoms with van der Waals surface area (Å²) in [5.41, 5.74) is 2.34. The van der Waals surface area contributed by atoms with Gasteiger partial charge in [-0.2, -0.15) is 0 Å². The van der Waals surface area contributed by atoms with Gasteiger partial charge in [-0.1, -0.05) is 24.3 Å². The van der Waals surface area contributed by atoms with E-state index in [1.807, 2.05) is 37.3 Å². The lowest BCUT2D eigenvalue weighted by Crippen LogP contribution is -2.15. The lowest BCUT2D eigenvalue weighted by molar-refractivity contribution is 0.0997. The Bertz CT molecular complexity index is 1170. The first-order chi connectivity index (χ1) is 12.1. The largest absolute Gasteiger partial charge is 0.451 e. The fourth-order valence-electron chi connectivity index (χ4n) is 2.76. The highest BCUT2D eigenvalue weighted by molar-refractivity contribution is 6.07. The molecule has 0 aliphatic carbocycles. The SMILES string of the molecule is Cc1ccc2c(=O)cc(C(=O)Nc3cccc4cccnc34)oc2c1. The van der Waals surface area contributed by atoms with E-state index in [2.05, 4.69) is 10.3 Å². The van der Waals surface area contributed by atoms with E-state index >= 15 is 0 Å². The molecule has 2 heterocycles. The quantitative estimate of drug-likeness (QED) is 0.605. The van der Waals surface area contributed by atoms with Crippen molar-refractivity contribution in [3.05, 3.63) is 82.3 Å². The highest BCUT2D eigenvalue weighted by atomic mass is 16.3. The molecule has 2 aromatic carbocycles. The number of nitrogens with one attached hydrogen (secondary N) is 1. The van der Waals surface area contributed by atoms with Crippen LogP contribution in [0.25, 0.3) is 21.9 Å². The van der Waals surface area contributed by atoms with Gasteiger partial charge in [0, 0.05) is 17.6 Å². The van der Waals surface area contributed by atoms with E-state index < -0.39 is 5.91 Å². The van der Waals surface area contributed by atoms with Crippen molar-refractivity contribution in [2.24, 2.45) is 0 Å². The molecule has 2 aromatic heterocycles. The number of pyridine rings is 1. The molecule has 0 radical (unpaired) electrons. The molecule has 0 aliphatic heterocycles. The second-order valence-electron chi connectivity index (χ2n) is 5.81. The van der Waals surface area contributed by atoms with Gasteiger partial charge in [0.05, 0.1) is 16.6 Å². The minimum Gasteiger partial charge on any atom is -0.451 e. The number of amides is 1. The Kier molecular flexibility index (Phi) is 3.54. The van der Waals surface area contributed by atoms with Crippen molar-refractivity contribution < 1.29 is 9.21 Å². The Balaban J connectivity index is 1.76. The van der Waals surface area contributed by atoms with Crippen LogP contribution >= 0.6 is 0 Å². The Morgan fingerprint density at radius 1 is 1.08 bits per heavy atom. The monoisotopic (exact) mass is 330 g/mol. The number of carbonyl (C=O) groups excluding carboxylic acids is 1. The van der Waals surface area contributed by atoms with Crippen LogP contribution in [-0.2, 0) is 0 Å². The molecule has 0 saturated heterocycles. The van der Waals surface area contributed by atoms with Crippen molar-refractivity contribution in [2.45, 2.75) is 6.92 Å². The van der Waals surface area contributed by atoms with E-state index in [9.17, 15) is 9.59 Å². The molecule has 4 rings (SSSR count). The maximum atomic E-state index is 12.6. The number of hydrogen-bond acceptors (Lipinski definition) is 4. The van der Waals surface area contributed by atoms with Crippen LogP contribution in [-0.4, -0.2) is 10.9 Å². The number of aromatic nitrogens is 1. The molecule has 4 aromatic rings. The molecule has 1 N–H and O–H groups in total. The third kappa shape index (κ3) is 2.76. The summed E-state index contributed by atoms with van der Waals surface area (Å²) in [6.45, 7) is 1.90. The summed E-state index contributed by atoms with van der Waals surface area (Å²) in [5.74, 6) is -0.519. The van der Waals surface area contributed by atoms with Crippen molar-refractivity contribution in [3.8, 4) is 0 Å². The molecule has 0 saturated carbocycles. The van der Waals surface area contributed by atoms with Gasteiger partial charge in [0.15, 0.2) is 11.2 Å². The van der Waals surface area contributed by atoms with Crippen LogP contribution in [0.15, 0.2) is 70.0 Å². The van der Waals surface area contributed by atoms with Gasteiger partial charge in [-0.05, 0) is 36.8 Å². The van der Waals surface area contributed by atoms with Crippen molar-refractivity contribution >= 4 is 33.5 Å². The van der Waals surface area contributed by atoms with Gasteiger partial charge < -0.3 is 9.73 Å². The zero-order valence-corrected chi connectivity index (χ0v) is 13.4. The zero-order chi connectivity index (χ0) is 17.4. The van der Waals surface area contributed by atoms with Crippen LogP contribution in [0.3, 0.4) is 0 Å². The fourth-order valence-corrected chi connectivity index (χ4v) is 2.76. The number of hydrogen-bond donors (Lipinski definition) is 1. The molecule has 25 heavy (non-hydrogen) atoms. The summed E-state index contributed by atoms with van der Waals surface area (Å²) < 4.78 is 5.64. The van der Waals surface area contributed by atoms with E-state index in [-0.39, 0.29) is 11.2 Å². The van der Waals surface area contributed by atoms with Crippen LogP contribution in [0.1, 0.15) is 16.1 Å². The molecule has 0 bridgehead atoms. The van der Waals surface area contributed by atoms with Crippen molar-refractivity contribution in [3.63, 3.8) is 0 Å². The molecule has 5 nitrogen and oxygen atoms in total. The molecular weight excluding hydrogens is 316 g/mol. The summed E-state index contributed by atoms with van der Waals surface area (Å²) in [7, 11) is 0. The van der Waals surface area contributed by atoms with Crippen molar-refractivity contribution in [1.82, 2.24) is 4.98 Å². The first-order valence-electron chi connectivity index (χ1n) is 7.81. The number of para-hydroxylation sites is 1. The lowest BCUT2D eigenvalue weighted by Gasteiger charge is -2.08. The van der Waals surface area contributed by atoms with E-state index in [4.69, 9.17) is 4.42 Å². The minimum atomic E-state index is -0.487. The predicted octanol–water partition coefficient (Wildman–Crippen LogP) is 3.90. The maximum absolute atomic E-state index is 12.6. The normalized spacial score (nSPS) is 10.9. The Morgan fingerprint density at radius 2 is 1.92 bits per heavy atom. The second kappa shape index (κ2) is 5.87. The second-order valence-corrected chi connectivity index (χ2v) is 5.81. The summed E-state index contributed by atoms with van der Waals surface area (Å²) in [6, 6.07) is 15.7. The summed E-state index contributed by atoms with van der Waals surface area (Å²) in [4.78, 5) is 29.1. The maximum Gasteiger partial charge on any atom is 0.291 e. The number of rotatable bonds is 2. The van der Waals surface area contributed by atoms with Gasteiger partial charge in [0.2, 0.25) is 0 Å². The summed E-state index contributed by atoms with van der Waals surface area (Å²) >= 11 is 0. The summed E-state index contributed by atoms with van der Waals surface area (Å²) in [6.07, 6.45) is 1.66. The zero-order valence-electron chi connectivity index (χ0n) is 13.4. The number of carbonyl (C=O) groups is 1. The molecule has 0 fully saturated rings. The average molecular weight is 330 g/mol. The molecule has 0 aliphatic rings. The van der Waals surface area contributed by atoms with E-state index in [1.165, 1.54) is 6.07 Å². The predicted molar refractivity (Wildman–Crippen MR) is 96.9 cm³/mol. The van der Waals surface area contributed by atoms with Crippen LogP contribution in [0.2, 0.25) is 0 Å².